The number of sulfone groups is 1. The lowest BCUT2D eigenvalue weighted by molar-refractivity contribution is 0.127. The van der Waals surface area contributed by atoms with Crippen molar-refractivity contribution >= 4 is 9.84 Å². The van der Waals surface area contributed by atoms with Gasteiger partial charge >= 0.3 is 0 Å². The van der Waals surface area contributed by atoms with Crippen LogP contribution in [0.4, 0.5) is 0 Å². The molecular formula is C30H45NO6S. The Bertz CT molecular complexity index is 1070. The fourth-order valence-electron chi connectivity index (χ4n) is 5.03. The summed E-state index contributed by atoms with van der Waals surface area (Å²) in [6.07, 6.45) is 10.1. The molecule has 1 saturated carbocycles. The van der Waals surface area contributed by atoms with E-state index in [0.717, 1.165) is 89.3 Å². The Kier molecular flexibility index (Phi) is 13.0. The lowest BCUT2D eigenvalue weighted by Crippen LogP contribution is -2.22. The summed E-state index contributed by atoms with van der Waals surface area (Å²) in [5.74, 6) is 0.0385. The maximum atomic E-state index is 12.8. The van der Waals surface area contributed by atoms with Gasteiger partial charge in [-0.15, -0.1) is 0 Å². The lowest BCUT2D eigenvalue weighted by Gasteiger charge is -2.14. The highest BCUT2D eigenvalue weighted by atomic mass is 32.2. The molecule has 0 spiro atoms. The quantitative estimate of drug-likeness (QED) is 0.198. The Morgan fingerprint density at radius 2 is 1.68 bits per heavy atom. The summed E-state index contributed by atoms with van der Waals surface area (Å²) < 4.78 is 31.4. The van der Waals surface area contributed by atoms with Gasteiger partial charge in [-0.2, -0.15) is 0 Å². The molecule has 1 fully saturated rings. The molecule has 3 rings (SSSR count). The summed E-state index contributed by atoms with van der Waals surface area (Å²) in [6, 6.07) is 12.3. The predicted molar refractivity (Wildman–Crippen MR) is 150 cm³/mol. The lowest BCUT2D eigenvalue weighted by atomic mass is 10.1. The van der Waals surface area contributed by atoms with Gasteiger partial charge < -0.3 is 25.4 Å². The van der Waals surface area contributed by atoms with E-state index in [2.05, 4.69) is 5.32 Å². The van der Waals surface area contributed by atoms with E-state index in [1.807, 2.05) is 18.2 Å². The number of aliphatic hydroxyl groups excluding tert-OH is 2. The molecule has 4 N–H and O–H groups in total. The van der Waals surface area contributed by atoms with Gasteiger partial charge in [-0.1, -0.05) is 50.3 Å². The first-order valence-corrected chi connectivity index (χ1v) is 15.7. The van der Waals surface area contributed by atoms with Crippen molar-refractivity contribution in [2.24, 2.45) is 0 Å². The highest BCUT2D eigenvalue weighted by Crippen LogP contribution is 2.30. The van der Waals surface area contributed by atoms with Gasteiger partial charge in [0.15, 0.2) is 9.84 Å². The number of ether oxygens (including phenoxy) is 1. The molecule has 0 unspecified atom stereocenters. The van der Waals surface area contributed by atoms with Crippen LogP contribution in [0.25, 0.3) is 0 Å². The average molecular weight is 548 g/mol. The van der Waals surface area contributed by atoms with Gasteiger partial charge in [0.2, 0.25) is 0 Å². The maximum absolute atomic E-state index is 12.8. The van der Waals surface area contributed by atoms with Crippen molar-refractivity contribution in [1.82, 2.24) is 5.32 Å². The molecule has 8 heteroatoms. The molecule has 1 atom stereocenters. The van der Waals surface area contributed by atoms with E-state index in [0.29, 0.717) is 29.2 Å². The topological polar surface area (TPSA) is 116 Å². The first-order valence-electron chi connectivity index (χ1n) is 14.1. The molecule has 38 heavy (non-hydrogen) atoms. The van der Waals surface area contributed by atoms with Gasteiger partial charge in [-0.05, 0) is 80.5 Å². The Morgan fingerprint density at radius 3 is 2.47 bits per heavy atom. The van der Waals surface area contributed by atoms with Crippen molar-refractivity contribution in [1.29, 1.82) is 0 Å². The minimum Gasteiger partial charge on any atom is -0.508 e. The second-order valence-electron chi connectivity index (χ2n) is 10.3. The van der Waals surface area contributed by atoms with Crippen LogP contribution < -0.4 is 5.32 Å². The highest BCUT2D eigenvalue weighted by Gasteiger charge is 2.30. The number of benzene rings is 2. The number of nitrogens with one attached hydrogen (secondary N) is 1. The van der Waals surface area contributed by atoms with E-state index in [4.69, 9.17) is 4.74 Å². The van der Waals surface area contributed by atoms with E-state index in [-0.39, 0.29) is 17.6 Å². The van der Waals surface area contributed by atoms with Crippen LogP contribution in [0.1, 0.15) is 87.0 Å². The Labute approximate surface area is 228 Å². The molecule has 0 amide bonds. The first kappa shape index (κ1) is 30.6. The molecule has 0 aliphatic heterocycles. The zero-order valence-electron chi connectivity index (χ0n) is 22.5. The van der Waals surface area contributed by atoms with E-state index < -0.39 is 15.9 Å². The van der Waals surface area contributed by atoms with Gasteiger partial charge in [-0.25, -0.2) is 8.42 Å². The molecule has 0 saturated heterocycles. The van der Waals surface area contributed by atoms with Crippen LogP contribution >= 0.6 is 0 Å². The van der Waals surface area contributed by atoms with Crippen LogP contribution in [0.3, 0.4) is 0 Å². The summed E-state index contributed by atoms with van der Waals surface area (Å²) in [4.78, 5) is 0.475. The van der Waals surface area contributed by atoms with Crippen LogP contribution in [-0.4, -0.2) is 55.3 Å². The molecular weight excluding hydrogens is 502 g/mol. The summed E-state index contributed by atoms with van der Waals surface area (Å²) >= 11 is 0. The molecule has 1 aliphatic rings. The third-order valence-electron chi connectivity index (χ3n) is 7.36. The summed E-state index contributed by atoms with van der Waals surface area (Å²) in [5, 5.41) is 32.2. The number of unbranched alkanes of at least 4 members (excludes halogenated alkanes) is 4. The summed E-state index contributed by atoms with van der Waals surface area (Å²) in [5.41, 5.74) is 2.16. The van der Waals surface area contributed by atoms with Crippen molar-refractivity contribution in [3.8, 4) is 5.75 Å². The van der Waals surface area contributed by atoms with E-state index >= 15 is 0 Å². The molecule has 2 aromatic rings. The Hall–Kier alpha value is -1.97. The molecule has 1 aliphatic carbocycles. The predicted octanol–water partition coefficient (Wildman–Crippen LogP) is 4.82. The number of phenols is 1. The highest BCUT2D eigenvalue weighted by molar-refractivity contribution is 7.92. The largest absolute Gasteiger partial charge is 0.508 e. The first-order chi connectivity index (χ1) is 18.4. The maximum Gasteiger partial charge on any atom is 0.181 e. The summed E-state index contributed by atoms with van der Waals surface area (Å²) in [6.45, 7) is 2.45. The molecule has 2 aromatic carbocycles. The van der Waals surface area contributed by atoms with Crippen molar-refractivity contribution in [3.05, 3.63) is 59.2 Å². The number of hydrogen-bond donors (Lipinski definition) is 4. The zero-order valence-corrected chi connectivity index (χ0v) is 23.3. The number of hydrogen-bond acceptors (Lipinski definition) is 7. The number of aryl methyl sites for hydroxylation is 1. The molecule has 0 heterocycles. The monoisotopic (exact) mass is 547 g/mol. The van der Waals surface area contributed by atoms with Gasteiger partial charge in [0, 0.05) is 25.3 Å². The smallest absolute Gasteiger partial charge is 0.181 e. The van der Waals surface area contributed by atoms with Gasteiger partial charge in [0.05, 0.1) is 22.9 Å². The second kappa shape index (κ2) is 16.2. The summed E-state index contributed by atoms with van der Waals surface area (Å²) in [7, 11) is -3.20. The van der Waals surface area contributed by atoms with Crippen LogP contribution in [0, 0.1) is 0 Å². The number of aromatic hydroxyl groups is 1. The van der Waals surface area contributed by atoms with Crippen LogP contribution in [0.2, 0.25) is 0 Å². The van der Waals surface area contributed by atoms with E-state index in [1.54, 1.807) is 18.2 Å². The minimum absolute atomic E-state index is 0.0385. The van der Waals surface area contributed by atoms with Crippen LogP contribution in [0.15, 0.2) is 47.4 Å². The van der Waals surface area contributed by atoms with E-state index in [1.165, 1.54) is 6.07 Å². The average Bonchev–Trinajstić information content (AvgIpc) is 3.48. The normalized spacial score (nSPS) is 15.2. The molecule has 7 nitrogen and oxygen atoms in total. The zero-order chi connectivity index (χ0) is 27.2. The van der Waals surface area contributed by atoms with Gasteiger partial charge in [0.25, 0.3) is 0 Å². The third kappa shape index (κ3) is 9.65. The molecule has 0 radical (unpaired) electrons. The standard InChI is InChI=1S/C30H45NO6S/c32-23-26-21-25(15-16-29(26)33)30(34)22-31-17-6-2-1-3-7-18-37-19-9-11-24-10-8-14-28(20-24)38(35,36)27-12-4-5-13-27/h8,10,14-16,20-21,27,30-34H,1-7,9,11-13,17-19,22-23H2/t30-/m0/s1. The number of rotatable bonds is 18. The molecule has 212 valence electrons. The van der Waals surface area contributed by atoms with Gasteiger partial charge in [-0.3, -0.25) is 0 Å². The third-order valence-corrected chi connectivity index (χ3v) is 9.62. The minimum atomic E-state index is -3.20. The van der Waals surface area contributed by atoms with Crippen LogP contribution in [-0.2, 0) is 27.6 Å². The molecule has 0 bridgehead atoms. The second-order valence-corrected chi connectivity index (χ2v) is 12.6. The SMILES string of the molecule is O=S(=O)(c1cccc(CCCOCCCCCCCNC[C@H](O)c2ccc(O)c(CO)c2)c1)C1CCCC1. The van der Waals surface area contributed by atoms with Crippen molar-refractivity contribution in [2.45, 2.75) is 93.5 Å². The van der Waals surface area contributed by atoms with Crippen LogP contribution in [0.5, 0.6) is 5.75 Å². The van der Waals surface area contributed by atoms with Crippen molar-refractivity contribution < 1.29 is 28.5 Å². The van der Waals surface area contributed by atoms with Crippen molar-refractivity contribution in [2.75, 3.05) is 26.3 Å². The fourth-order valence-corrected chi connectivity index (χ4v) is 6.95. The van der Waals surface area contributed by atoms with Crippen molar-refractivity contribution in [3.63, 3.8) is 0 Å². The fraction of sp³-hybridized carbons (Fsp3) is 0.600. The molecule has 0 aromatic heterocycles. The Morgan fingerprint density at radius 1 is 0.947 bits per heavy atom. The van der Waals surface area contributed by atoms with Gasteiger partial charge in [0.1, 0.15) is 5.75 Å². The number of aliphatic hydroxyl groups is 2. The van der Waals surface area contributed by atoms with E-state index in [9.17, 15) is 23.7 Å². The Balaban J connectivity index is 1.17.